The number of allylic oxidation sites excluding steroid dienone is 6. The molecule has 11 heteroatoms. The van der Waals surface area contributed by atoms with Crippen LogP contribution in [0.15, 0.2) is 36.5 Å². The summed E-state index contributed by atoms with van der Waals surface area (Å²) in [6, 6.07) is -1.19. The first-order valence-electron chi connectivity index (χ1n) is 25.9. The van der Waals surface area contributed by atoms with Crippen LogP contribution in [0.3, 0.4) is 0 Å². The molecule has 1 amide bonds. The lowest BCUT2D eigenvalue weighted by Gasteiger charge is -2.40. The average molecular weight is 896 g/mol. The second kappa shape index (κ2) is 41.7. The van der Waals surface area contributed by atoms with Gasteiger partial charge in [-0.1, -0.05) is 192 Å². The smallest absolute Gasteiger partial charge is 0.249 e. The molecule has 1 heterocycles. The number of amides is 1. The van der Waals surface area contributed by atoms with Gasteiger partial charge >= 0.3 is 0 Å². The fourth-order valence-corrected chi connectivity index (χ4v) is 8.12. The third-order valence-corrected chi connectivity index (χ3v) is 12.4. The molecule has 0 bridgehead atoms. The highest BCUT2D eigenvalue weighted by molar-refractivity contribution is 5.80. The molecular formula is C52H97NO10. The quantitative estimate of drug-likeness (QED) is 0.0216. The van der Waals surface area contributed by atoms with Crippen LogP contribution in [0.25, 0.3) is 0 Å². The molecule has 370 valence electrons. The number of aliphatic hydroxyl groups excluding tert-OH is 7. The number of hydrogen-bond donors (Lipinski definition) is 8. The summed E-state index contributed by atoms with van der Waals surface area (Å²) in [4.78, 5) is 13.1. The highest BCUT2D eigenvalue weighted by Gasteiger charge is 2.44. The zero-order chi connectivity index (χ0) is 46.2. The van der Waals surface area contributed by atoms with Crippen molar-refractivity contribution in [1.82, 2.24) is 5.32 Å². The molecule has 0 aromatic carbocycles. The summed E-state index contributed by atoms with van der Waals surface area (Å²) in [6.45, 7) is 3.42. The van der Waals surface area contributed by atoms with Crippen LogP contribution in [0.1, 0.15) is 219 Å². The third kappa shape index (κ3) is 31.0. The number of hydrogen-bond acceptors (Lipinski definition) is 10. The van der Waals surface area contributed by atoms with Crippen LogP contribution in [-0.2, 0) is 14.3 Å². The summed E-state index contributed by atoms with van der Waals surface area (Å²) in [5.41, 5.74) is 0. The topological polar surface area (TPSA) is 189 Å². The van der Waals surface area contributed by atoms with Gasteiger partial charge in [0.1, 0.15) is 36.6 Å². The fraction of sp³-hybridized carbons (Fsp3) is 0.865. The second-order valence-corrected chi connectivity index (χ2v) is 18.2. The molecule has 63 heavy (non-hydrogen) atoms. The molecule has 0 radical (unpaired) electrons. The van der Waals surface area contributed by atoms with Crippen molar-refractivity contribution in [2.24, 2.45) is 0 Å². The molecule has 0 saturated carbocycles. The van der Waals surface area contributed by atoms with E-state index in [2.05, 4.69) is 55.6 Å². The Kier molecular flexibility index (Phi) is 39.3. The van der Waals surface area contributed by atoms with Crippen molar-refractivity contribution in [3.05, 3.63) is 36.5 Å². The molecule has 0 spiro atoms. The highest BCUT2D eigenvalue weighted by Crippen LogP contribution is 2.23. The minimum absolute atomic E-state index is 0.242. The molecular weight excluding hydrogens is 799 g/mol. The van der Waals surface area contributed by atoms with E-state index >= 15 is 0 Å². The molecule has 1 saturated heterocycles. The molecule has 1 aliphatic rings. The van der Waals surface area contributed by atoms with Gasteiger partial charge in [-0.2, -0.15) is 0 Å². The molecule has 8 N–H and O–H groups in total. The second-order valence-electron chi connectivity index (χ2n) is 18.2. The van der Waals surface area contributed by atoms with Crippen LogP contribution in [0.4, 0.5) is 0 Å². The van der Waals surface area contributed by atoms with Crippen molar-refractivity contribution in [2.45, 2.75) is 274 Å². The molecule has 9 unspecified atom stereocenters. The predicted molar refractivity (Wildman–Crippen MR) is 256 cm³/mol. The summed E-state index contributed by atoms with van der Waals surface area (Å²) in [5.74, 6) is -0.711. The number of carbonyl (C=O) groups excluding carboxylic acids is 1. The molecule has 1 aliphatic heterocycles. The zero-order valence-corrected chi connectivity index (χ0v) is 40.1. The van der Waals surface area contributed by atoms with Gasteiger partial charge in [0.2, 0.25) is 5.91 Å². The molecule has 9 atom stereocenters. The Morgan fingerprint density at radius 2 is 0.952 bits per heavy atom. The minimum Gasteiger partial charge on any atom is -0.394 e. The molecule has 0 aromatic rings. The Morgan fingerprint density at radius 1 is 0.540 bits per heavy atom. The number of carbonyl (C=O) groups is 1. The summed E-state index contributed by atoms with van der Waals surface area (Å²) in [5, 5.41) is 75.8. The van der Waals surface area contributed by atoms with Crippen molar-refractivity contribution in [3.63, 3.8) is 0 Å². The average Bonchev–Trinajstić information content (AvgIpc) is 3.28. The van der Waals surface area contributed by atoms with Crippen LogP contribution in [-0.4, -0.2) is 110 Å². The third-order valence-electron chi connectivity index (χ3n) is 12.4. The lowest BCUT2D eigenvalue weighted by Crippen LogP contribution is -2.60. The normalized spacial score (nSPS) is 21.4. The van der Waals surface area contributed by atoms with Crippen LogP contribution >= 0.6 is 0 Å². The van der Waals surface area contributed by atoms with E-state index in [1.54, 1.807) is 0 Å². The molecule has 1 rings (SSSR count). The lowest BCUT2D eigenvalue weighted by molar-refractivity contribution is -0.303. The molecule has 0 aliphatic carbocycles. The number of aliphatic hydroxyl groups is 7. The SMILES string of the molecule is CCCCCCC/C=C/CC/C=C/CC/C=C/CCCC(O)C(O)C(COC1OC(CO)C(O)C(O)C1O)NC(=O)C(O)CCCCCCCCCCCCCCCCCCCC. The summed E-state index contributed by atoms with van der Waals surface area (Å²) in [6.07, 6.45) is 37.6. The van der Waals surface area contributed by atoms with E-state index in [0.29, 0.717) is 19.3 Å². The van der Waals surface area contributed by atoms with Crippen molar-refractivity contribution in [2.75, 3.05) is 13.2 Å². The van der Waals surface area contributed by atoms with E-state index in [1.165, 1.54) is 128 Å². The van der Waals surface area contributed by atoms with Gasteiger partial charge in [0.05, 0.1) is 25.4 Å². The maximum Gasteiger partial charge on any atom is 0.249 e. The van der Waals surface area contributed by atoms with Crippen molar-refractivity contribution in [1.29, 1.82) is 0 Å². The molecule has 1 fully saturated rings. The van der Waals surface area contributed by atoms with E-state index in [0.717, 1.165) is 44.9 Å². The van der Waals surface area contributed by atoms with Gasteiger partial charge in [-0.15, -0.1) is 0 Å². The zero-order valence-electron chi connectivity index (χ0n) is 40.1. The maximum absolute atomic E-state index is 13.1. The van der Waals surface area contributed by atoms with Crippen LogP contribution in [0.2, 0.25) is 0 Å². The van der Waals surface area contributed by atoms with Gasteiger partial charge in [0, 0.05) is 0 Å². The number of nitrogens with one attached hydrogen (secondary N) is 1. The Bertz CT molecular complexity index is 1120. The predicted octanol–water partition coefficient (Wildman–Crippen LogP) is 9.56. The monoisotopic (exact) mass is 896 g/mol. The standard InChI is InChI=1S/C52H97NO10/c1-3-5-7-9-11-13-15-17-19-21-23-25-27-29-31-33-35-37-39-44(55)47(57)43(42-62-52-50(60)49(59)48(58)46(41-54)63-52)53-51(61)45(56)40-38-36-34-32-30-28-26-24-22-20-18-16-14-12-10-8-6-4-2/h15,17,23,25,31,33,43-50,52,54-60H,3-14,16,18-22,24,26-30,32,34-42H2,1-2H3,(H,53,61)/b17-15+,25-23+,33-31+. The van der Waals surface area contributed by atoms with Crippen LogP contribution in [0, 0.1) is 0 Å². The van der Waals surface area contributed by atoms with Gasteiger partial charge in [-0.3, -0.25) is 4.79 Å². The van der Waals surface area contributed by atoms with Gasteiger partial charge in [-0.25, -0.2) is 0 Å². The molecule has 0 aromatic heterocycles. The number of rotatable bonds is 43. The summed E-state index contributed by atoms with van der Waals surface area (Å²) >= 11 is 0. The lowest BCUT2D eigenvalue weighted by atomic mass is 9.98. The van der Waals surface area contributed by atoms with Crippen molar-refractivity contribution < 1.29 is 50.0 Å². The van der Waals surface area contributed by atoms with Gasteiger partial charge in [0.15, 0.2) is 6.29 Å². The first kappa shape index (κ1) is 59.3. The van der Waals surface area contributed by atoms with Crippen molar-refractivity contribution >= 4 is 5.91 Å². The van der Waals surface area contributed by atoms with E-state index in [4.69, 9.17) is 9.47 Å². The van der Waals surface area contributed by atoms with Crippen LogP contribution in [0.5, 0.6) is 0 Å². The Hall–Kier alpha value is -1.67. The Morgan fingerprint density at radius 3 is 1.41 bits per heavy atom. The van der Waals surface area contributed by atoms with E-state index in [1.807, 2.05) is 0 Å². The first-order chi connectivity index (χ1) is 30.7. The van der Waals surface area contributed by atoms with Crippen molar-refractivity contribution in [3.8, 4) is 0 Å². The van der Waals surface area contributed by atoms with Gasteiger partial charge < -0.3 is 50.5 Å². The van der Waals surface area contributed by atoms with E-state index < -0.39 is 74.2 Å². The number of unbranched alkanes of at least 4 members (excludes halogenated alkanes) is 25. The Labute approximate surface area is 384 Å². The van der Waals surface area contributed by atoms with Crippen LogP contribution < -0.4 is 5.32 Å². The summed E-state index contributed by atoms with van der Waals surface area (Å²) in [7, 11) is 0. The Balaban J connectivity index is 2.43. The highest BCUT2D eigenvalue weighted by atomic mass is 16.7. The molecule has 11 nitrogen and oxygen atoms in total. The minimum atomic E-state index is -1.67. The largest absolute Gasteiger partial charge is 0.394 e. The van der Waals surface area contributed by atoms with Gasteiger partial charge in [-0.05, 0) is 64.2 Å². The fourth-order valence-electron chi connectivity index (χ4n) is 8.12. The first-order valence-corrected chi connectivity index (χ1v) is 25.9. The van der Waals surface area contributed by atoms with E-state index in [9.17, 15) is 40.5 Å². The summed E-state index contributed by atoms with van der Waals surface area (Å²) < 4.78 is 11.1. The van der Waals surface area contributed by atoms with Gasteiger partial charge in [0.25, 0.3) is 0 Å². The maximum atomic E-state index is 13.1. The number of ether oxygens (including phenoxy) is 2. The van der Waals surface area contributed by atoms with E-state index in [-0.39, 0.29) is 12.8 Å².